The van der Waals surface area contributed by atoms with Crippen molar-refractivity contribution in [3.8, 4) is 0 Å². The van der Waals surface area contributed by atoms with Gasteiger partial charge in [-0.1, -0.05) is 0 Å². The van der Waals surface area contributed by atoms with Gasteiger partial charge in [0.1, 0.15) is 5.56 Å². The molecule has 1 heterocycles. The average Bonchev–Trinajstić information content (AvgIpc) is 2.17. The summed E-state index contributed by atoms with van der Waals surface area (Å²) in [6.07, 6.45) is 0. The molecule has 0 unspecified atom stereocenters. The first-order valence-electron chi connectivity index (χ1n) is 4.88. The molecule has 86 valence electrons. The lowest BCUT2D eigenvalue weighted by molar-refractivity contribution is 0.0694. The van der Waals surface area contributed by atoms with E-state index in [1.54, 1.807) is 13.8 Å². The number of carboxylic acids is 1. The van der Waals surface area contributed by atoms with E-state index in [2.05, 4.69) is 0 Å². The highest BCUT2D eigenvalue weighted by atomic mass is 16.4. The predicted octanol–water partition coefficient (Wildman–Crippen LogP) is 1.08. The molecule has 0 aliphatic carbocycles. The van der Waals surface area contributed by atoms with Gasteiger partial charge in [0.25, 0.3) is 5.56 Å². The number of carbonyl (C=O) groups excluding carboxylic acids is 1. The zero-order valence-corrected chi connectivity index (χ0v) is 9.40. The molecule has 0 radical (unpaired) electrons. The summed E-state index contributed by atoms with van der Waals surface area (Å²) in [5, 5.41) is 8.86. The van der Waals surface area contributed by atoms with Crippen LogP contribution in [0, 0.1) is 6.92 Å². The minimum absolute atomic E-state index is 0.248. The number of aromatic carboxylic acids is 1. The Morgan fingerprint density at radius 3 is 2.31 bits per heavy atom. The van der Waals surface area contributed by atoms with E-state index in [-0.39, 0.29) is 16.9 Å². The second-order valence-corrected chi connectivity index (χ2v) is 3.47. The highest BCUT2D eigenvalue weighted by Crippen LogP contribution is 2.09. The lowest BCUT2D eigenvalue weighted by Gasteiger charge is -2.11. The summed E-state index contributed by atoms with van der Waals surface area (Å²) in [4.78, 5) is 33.9. The van der Waals surface area contributed by atoms with Crippen LogP contribution in [0.15, 0.2) is 10.9 Å². The van der Waals surface area contributed by atoms with E-state index in [0.29, 0.717) is 12.2 Å². The van der Waals surface area contributed by atoms with Gasteiger partial charge in [-0.15, -0.1) is 0 Å². The monoisotopic (exact) mass is 223 g/mol. The van der Waals surface area contributed by atoms with Crippen molar-refractivity contribution in [2.75, 3.05) is 0 Å². The molecule has 1 aromatic heterocycles. The molecule has 0 atom stereocenters. The van der Waals surface area contributed by atoms with Gasteiger partial charge in [0, 0.05) is 17.8 Å². The van der Waals surface area contributed by atoms with Gasteiger partial charge in [-0.05, 0) is 26.8 Å². The number of aromatic nitrogens is 1. The van der Waals surface area contributed by atoms with Gasteiger partial charge < -0.3 is 9.67 Å². The zero-order chi connectivity index (χ0) is 12.5. The van der Waals surface area contributed by atoms with E-state index < -0.39 is 11.5 Å². The highest BCUT2D eigenvalue weighted by molar-refractivity contribution is 5.98. The summed E-state index contributed by atoms with van der Waals surface area (Å²) in [5.41, 5.74) is -0.154. The Morgan fingerprint density at radius 2 is 1.94 bits per heavy atom. The molecule has 0 saturated heterocycles. The summed E-state index contributed by atoms with van der Waals surface area (Å²) < 4.78 is 1.29. The number of carboxylic acid groups (broad SMARTS) is 1. The molecule has 0 aliphatic heterocycles. The van der Waals surface area contributed by atoms with E-state index in [9.17, 15) is 14.4 Å². The molecule has 16 heavy (non-hydrogen) atoms. The largest absolute Gasteiger partial charge is 0.477 e. The molecular formula is C11H13NO4. The number of ketones is 1. The predicted molar refractivity (Wildman–Crippen MR) is 58.1 cm³/mol. The molecule has 1 N–H and O–H groups in total. The fourth-order valence-corrected chi connectivity index (χ4v) is 1.64. The summed E-state index contributed by atoms with van der Waals surface area (Å²) >= 11 is 0. The van der Waals surface area contributed by atoms with Crippen LogP contribution in [0.1, 0.15) is 40.3 Å². The molecule has 0 aliphatic rings. The van der Waals surface area contributed by atoms with Gasteiger partial charge in [0.05, 0.1) is 0 Å². The fourth-order valence-electron chi connectivity index (χ4n) is 1.64. The van der Waals surface area contributed by atoms with E-state index in [4.69, 9.17) is 5.11 Å². The van der Waals surface area contributed by atoms with Gasteiger partial charge >= 0.3 is 5.97 Å². The molecule has 0 spiro atoms. The zero-order valence-electron chi connectivity index (χ0n) is 9.40. The van der Waals surface area contributed by atoms with Crippen molar-refractivity contribution in [3.05, 3.63) is 33.2 Å². The summed E-state index contributed by atoms with van der Waals surface area (Å²) in [6, 6.07) is 1.15. The smallest absolute Gasteiger partial charge is 0.341 e. The number of Topliss-reactive ketones (excluding diaryl/α,β-unsaturated/α-hetero) is 1. The van der Waals surface area contributed by atoms with Crippen LogP contribution < -0.4 is 5.56 Å². The standard InChI is InChI=1S/C11H13NO4/c1-4-12-6(2)8(7(3)13)5-9(10(12)14)11(15)16/h5H,4H2,1-3H3,(H,15,16). The van der Waals surface area contributed by atoms with Crippen LogP contribution in [0.25, 0.3) is 0 Å². The van der Waals surface area contributed by atoms with E-state index in [1.165, 1.54) is 11.5 Å². The Balaban J connectivity index is 3.70. The quantitative estimate of drug-likeness (QED) is 0.778. The van der Waals surface area contributed by atoms with Gasteiger partial charge in [-0.25, -0.2) is 4.79 Å². The molecule has 1 aromatic rings. The van der Waals surface area contributed by atoms with Crippen LogP contribution in [0.4, 0.5) is 0 Å². The molecule has 0 saturated carbocycles. The van der Waals surface area contributed by atoms with Crippen molar-refractivity contribution < 1.29 is 14.7 Å². The second-order valence-electron chi connectivity index (χ2n) is 3.47. The maximum atomic E-state index is 11.7. The Hall–Kier alpha value is -1.91. The van der Waals surface area contributed by atoms with Crippen LogP contribution in [-0.4, -0.2) is 21.4 Å². The first-order chi connectivity index (χ1) is 7.40. The second kappa shape index (κ2) is 4.30. The number of rotatable bonds is 3. The van der Waals surface area contributed by atoms with E-state index >= 15 is 0 Å². The number of hydrogen-bond acceptors (Lipinski definition) is 3. The Kier molecular flexibility index (Phi) is 3.27. The van der Waals surface area contributed by atoms with Gasteiger partial charge in [-0.2, -0.15) is 0 Å². The summed E-state index contributed by atoms with van der Waals surface area (Å²) in [7, 11) is 0. The molecular weight excluding hydrogens is 210 g/mol. The molecule has 0 amide bonds. The summed E-state index contributed by atoms with van der Waals surface area (Å²) in [5.74, 6) is -1.56. The maximum Gasteiger partial charge on any atom is 0.341 e. The van der Waals surface area contributed by atoms with E-state index in [0.717, 1.165) is 6.07 Å². The lowest BCUT2D eigenvalue weighted by Crippen LogP contribution is -2.29. The van der Waals surface area contributed by atoms with Crippen LogP contribution in [-0.2, 0) is 6.54 Å². The molecule has 0 aromatic carbocycles. The average molecular weight is 223 g/mol. The van der Waals surface area contributed by atoms with Crippen LogP contribution in [0.3, 0.4) is 0 Å². The SMILES string of the molecule is CCn1c(C)c(C(C)=O)cc(C(=O)O)c1=O. The van der Waals surface area contributed by atoms with Crippen LogP contribution >= 0.6 is 0 Å². The molecule has 0 bridgehead atoms. The molecule has 5 nitrogen and oxygen atoms in total. The minimum atomic E-state index is -1.31. The van der Waals surface area contributed by atoms with Crippen molar-refractivity contribution in [1.29, 1.82) is 0 Å². The molecule has 1 rings (SSSR count). The van der Waals surface area contributed by atoms with Gasteiger partial charge in [0.15, 0.2) is 5.78 Å². The van der Waals surface area contributed by atoms with Crippen molar-refractivity contribution in [2.45, 2.75) is 27.3 Å². The number of hydrogen-bond donors (Lipinski definition) is 1. The molecule has 0 fully saturated rings. The third-order valence-corrected chi connectivity index (χ3v) is 2.48. The first-order valence-corrected chi connectivity index (χ1v) is 4.88. The maximum absolute atomic E-state index is 11.7. The Morgan fingerprint density at radius 1 is 1.38 bits per heavy atom. The van der Waals surface area contributed by atoms with Crippen molar-refractivity contribution in [1.82, 2.24) is 4.57 Å². The van der Waals surface area contributed by atoms with Crippen LogP contribution in [0.2, 0.25) is 0 Å². The number of pyridine rings is 1. The Labute approximate surface area is 92.3 Å². The first kappa shape index (κ1) is 12.2. The third-order valence-electron chi connectivity index (χ3n) is 2.48. The van der Waals surface area contributed by atoms with Crippen molar-refractivity contribution in [3.63, 3.8) is 0 Å². The third kappa shape index (κ3) is 1.88. The minimum Gasteiger partial charge on any atom is -0.477 e. The van der Waals surface area contributed by atoms with Crippen molar-refractivity contribution in [2.24, 2.45) is 0 Å². The highest BCUT2D eigenvalue weighted by Gasteiger charge is 2.17. The van der Waals surface area contributed by atoms with Gasteiger partial charge in [0.2, 0.25) is 0 Å². The summed E-state index contributed by atoms with van der Waals surface area (Å²) in [6.45, 7) is 5.04. The van der Waals surface area contributed by atoms with Crippen molar-refractivity contribution >= 4 is 11.8 Å². The fraction of sp³-hybridized carbons (Fsp3) is 0.364. The number of carbonyl (C=O) groups is 2. The molecule has 5 heteroatoms. The number of nitrogens with zero attached hydrogens (tertiary/aromatic N) is 1. The Bertz CT molecular complexity index is 513. The van der Waals surface area contributed by atoms with E-state index in [1.807, 2.05) is 0 Å². The van der Waals surface area contributed by atoms with Gasteiger partial charge in [-0.3, -0.25) is 9.59 Å². The van der Waals surface area contributed by atoms with Crippen LogP contribution in [0.5, 0.6) is 0 Å². The lowest BCUT2D eigenvalue weighted by atomic mass is 10.1. The topological polar surface area (TPSA) is 76.4 Å². The normalized spacial score (nSPS) is 10.2.